The molecular formula is C16H25NO2. The number of benzene rings is 1. The molecule has 1 fully saturated rings. The molecule has 1 N–H and O–H groups in total. The SMILES string of the molecule is Cc1ccc(C)c(OCCN(C)CC(O)C2CC2)c1. The van der Waals surface area contributed by atoms with Crippen molar-refractivity contribution >= 4 is 0 Å². The fraction of sp³-hybridized carbons (Fsp3) is 0.625. The molecule has 0 bridgehead atoms. The normalized spacial score (nSPS) is 16.7. The van der Waals surface area contributed by atoms with Crippen molar-refractivity contribution in [2.45, 2.75) is 32.8 Å². The van der Waals surface area contributed by atoms with Crippen LogP contribution in [0, 0.1) is 19.8 Å². The Morgan fingerprint density at radius 3 is 2.79 bits per heavy atom. The Morgan fingerprint density at radius 1 is 1.37 bits per heavy atom. The van der Waals surface area contributed by atoms with Gasteiger partial charge in [-0.25, -0.2) is 0 Å². The first kappa shape index (κ1) is 14.4. The van der Waals surface area contributed by atoms with Gasteiger partial charge in [-0.1, -0.05) is 12.1 Å². The molecule has 0 saturated heterocycles. The van der Waals surface area contributed by atoms with Gasteiger partial charge in [0.15, 0.2) is 0 Å². The zero-order chi connectivity index (χ0) is 13.8. The molecule has 106 valence electrons. The van der Waals surface area contributed by atoms with Crippen molar-refractivity contribution in [1.82, 2.24) is 4.90 Å². The first-order valence-corrected chi connectivity index (χ1v) is 7.13. The van der Waals surface area contributed by atoms with Gasteiger partial charge in [-0.3, -0.25) is 0 Å². The fourth-order valence-corrected chi connectivity index (χ4v) is 2.21. The lowest BCUT2D eigenvalue weighted by molar-refractivity contribution is 0.0998. The Labute approximate surface area is 116 Å². The van der Waals surface area contributed by atoms with E-state index in [-0.39, 0.29) is 6.10 Å². The lowest BCUT2D eigenvalue weighted by Gasteiger charge is -2.20. The minimum atomic E-state index is -0.161. The topological polar surface area (TPSA) is 32.7 Å². The maximum absolute atomic E-state index is 9.87. The Bertz CT molecular complexity index is 415. The molecule has 3 nitrogen and oxygen atoms in total. The second-order valence-corrected chi connectivity index (χ2v) is 5.78. The van der Waals surface area contributed by atoms with Gasteiger partial charge in [0, 0.05) is 13.1 Å². The molecule has 0 heterocycles. The van der Waals surface area contributed by atoms with Gasteiger partial charge < -0.3 is 14.7 Å². The van der Waals surface area contributed by atoms with Crippen LogP contribution in [0.4, 0.5) is 0 Å². The van der Waals surface area contributed by atoms with Gasteiger partial charge in [-0.05, 0) is 56.8 Å². The summed E-state index contributed by atoms with van der Waals surface area (Å²) in [6, 6.07) is 6.26. The molecule has 0 amide bonds. The summed E-state index contributed by atoms with van der Waals surface area (Å²) in [7, 11) is 2.04. The Morgan fingerprint density at radius 2 is 2.11 bits per heavy atom. The lowest BCUT2D eigenvalue weighted by Crippen LogP contribution is -2.33. The van der Waals surface area contributed by atoms with Crippen molar-refractivity contribution in [3.8, 4) is 5.75 Å². The van der Waals surface area contributed by atoms with Crippen molar-refractivity contribution in [1.29, 1.82) is 0 Å². The summed E-state index contributed by atoms with van der Waals surface area (Å²) in [6.45, 7) is 6.40. The minimum absolute atomic E-state index is 0.161. The summed E-state index contributed by atoms with van der Waals surface area (Å²) in [6.07, 6.45) is 2.22. The van der Waals surface area contributed by atoms with E-state index in [1.807, 2.05) is 7.05 Å². The summed E-state index contributed by atoms with van der Waals surface area (Å²) in [5.41, 5.74) is 2.39. The zero-order valence-electron chi connectivity index (χ0n) is 12.2. The van der Waals surface area contributed by atoms with Crippen LogP contribution in [0.2, 0.25) is 0 Å². The van der Waals surface area contributed by atoms with E-state index >= 15 is 0 Å². The summed E-state index contributed by atoms with van der Waals surface area (Å²) >= 11 is 0. The average Bonchev–Trinajstić information content (AvgIpc) is 3.17. The van der Waals surface area contributed by atoms with Crippen LogP contribution in [0.3, 0.4) is 0 Å². The standard InChI is InChI=1S/C16H25NO2/c1-12-4-5-13(2)16(10-12)19-9-8-17(3)11-15(18)14-6-7-14/h4-5,10,14-15,18H,6-9,11H2,1-3H3. The van der Waals surface area contributed by atoms with Crippen LogP contribution in [0.15, 0.2) is 18.2 Å². The Kier molecular flexibility index (Phi) is 4.83. The molecule has 1 aromatic carbocycles. The van der Waals surface area contributed by atoms with E-state index in [1.165, 1.54) is 24.0 Å². The van der Waals surface area contributed by atoms with Crippen LogP contribution in [0.1, 0.15) is 24.0 Å². The minimum Gasteiger partial charge on any atom is -0.492 e. The number of rotatable bonds is 7. The fourth-order valence-electron chi connectivity index (χ4n) is 2.21. The van der Waals surface area contributed by atoms with Crippen LogP contribution < -0.4 is 4.74 Å². The van der Waals surface area contributed by atoms with Crippen molar-refractivity contribution in [3.63, 3.8) is 0 Å². The molecule has 1 aliphatic rings. The van der Waals surface area contributed by atoms with Crippen LogP contribution >= 0.6 is 0 Å². The van der Waals surface area contributed by atoms with Crippen LogP contribution in [-0.2, 0) is 0 Å². The number of nitrogens with zero attached hydrogens (tertiary/aromatic N) is 1. The maximum Gasteiger partial charge on any atom is 0.122 e. The zero-order valence-corrected chi connectivity index (χ0v) is 12.2. The summed E-state index contributed by atoms with van der Waals surface area (Å²) < 4.78 is 5.82. The molecule has 19 heavy (non-hydrogen) atoms. The monoisotopic (exact) mass is 263 g/mol. The van der Waals surface area contributed by atoms with E-state index in [4.69, 9.17) is 4.74 Å². The third kappa shape index (κ3) is 4.51. The van der Waals surface area contributed by atoms with Crippen LogP contribution in [0.25, 0.3) is 0 Å². The molecule has 1 saturated carbocycles. The lowest BCUT2D eigenvalue weighted by atomic mass is 10.1. The predicted octanol–water partition coefficient (Wildman–Crippen LogP) is 2.38. The van der Waals surface area contributed by atoms with Crippen LogP contribution in [0.5, 0.6) is 5.75 Å². The van der Waals surface area contributed by atoms with Gasteiger partial charge in [0.2, 0.25) is 0 Å². The van der Waals surface area contributed by atoms with Gasteiger partial charge in [0.25, 0.3) is 0 Å². The molecule has 0 aliphatic heterocycles. The van der Waals surface area contributed by atoms with E-state index in [1.54, 1.807) is 0 Å². The summed E-state index contributed by atoms with van der Waals surface area (Å²) in [5, 5.41) is 9.87. The van der Waals surface area contributed by atoms with Gasteiger partial charge in [0.05, 0.1) is 6.10 Å². The molecule has 0 radical (unpaired) electrons. The number of ether oxygens (including phenoxy) is 1. The van der Waals surface area contributed by atoms with Crippen molar-refractivity contribution in [2.75, 3.05) is 26.7 Å². The second kappa shape index (κ2) is 6.40. The molecule has 1 atom stereocenters. The average molecular weight is 263 g/mol. The van der Waals surface area contributed by atoms with E-state index in [0.717, 1.165) is 18.8 Å². The predicted molar refractivity (Wildman–Crippen MR) is 77.6 cm³/mol. The highest BCUT2D eigenvalue weighted by Gasteiger charge is 2.30. The number of hydrogen-bond donors (Lipinski definition) is 1. The quantitative estimate of drug-likeness (QED) is 0.820. The summed E-state index contributed by atoms with van der Waals surface area (Å²) in [5.74, 6) is 1.51. The highest BCUT2D eigenvalue weighted by atomic mass is 16.5. The molecule has 1 aliphatic carbocycles. The number of likely N-dealkylation sites (N-methyl/N-ethyl adjacent to an activating group) is 1. The molecule has 3 heteroatoms. The van der Waals surface area contributed by atoms with Gasteiger partial charge >= 0.3 is 0 Å². The van der Waals surface area contributed by atoms with Crippen molar-refractivity contribution < 1.29 is 9.84 Å². The Hall–Kier alpha value is -1.06. The van der Waals surface area contributed by atoms with Crippen molar-refractivity contribution in [2.24, 2.45) is 5.92 Å². The van der Waals surface area contributed by atoms with E-state index in [0.29, 0.717) is 12.5 Å². The number of hydrogen-bond acceptors (Lipinski definition) is 3. The molecule has 0 aromatic heterocycles. The molecule has 0 spiro atoms. The van der Waals surface area contributed by atoms with Crippen molar-refractivity contribution in [3.05, 3.63) is 29.3 Å². The van der Waals surface area contributed by atoms with Gasteiger partial charge in [0.1, 0.15) is 12.4 Å². The maximum atomic E-state index is 9.87. The smallest absolute Gasteiger partial charge is 0.122 e. The number of aliphatic hydroxyl groups excluding tert-OH is 1. The van der Waals surface area contributed by atoms with Gasteiger partial charge in [-0.2, -0.15) is 0 Å². The first-order valence-electron chi connectivity index (χ1n) is 7.13. The summed E-state index contributed by atoms with van der Waals surface area (Å²) in [4.78, 5) is 2.15. The molecule has 1 aromatic rings. The highest BCUT2D eigenvalue weighted by Crippen LogP contribution is 2.32. The number of aliphatic hydroxyl groups is 1. The first-order chi connectivity index (χ1) is 9.06. The van der Waals surface area contributed by atoms with E-state index < -0.39 is 0 Å². The van der Waals surface area contributed by atoms with E-state index in [9.17, 15) is 5.11 Å². The molecule has 1 unspecified atom stereocenters. The van der Waals surface area contributed by atoms with Crippen LogP contribution in [-0.4, -0.2) is 42.9 Å². The second-order valence-electron chi connectivity index (χ2n) is 5.78. The van der Waals surface area contributed by atoms with E-state index in [2.05, 4.69) is 36.9 Å². The number of aryl methyl sites for hydroxylation is 2. The Balaban J connectivity index is 1.71. The van der Waals surface area contributed by atoms with Gasteiger partial charge in [-0.15, -0.1) is 0 Å². The highest BCUT2D eigenvalue weighted by molar-refractivity contribution is 5.35. The molecule has 2 rings (SSSR count). The third-order valence-electron chi connectivity index (χ3n) is 3.74. The third-order valence-corrected chi connectivity index (χ3v) is 3.74. The molecular weight excluding hydrogens is 238 g/mol. The largest absolute Gasteiger partial charge is 0.492 e.